The molecule has 1 saturated heterocycles. The van der Waals surface area contributed by atoms with Crippen LogP contribution >= 0.6 is 0 Å². The molecule has 1 aliphatic rings. The third-order valence-corrected chi connectivity index (χ3v) is 2.28. The Kier molecular flexibility index (Phi) is 3.13. The largest absolute Gasteiger partial charge is 0.384 e. The van der Waals surface area contributed by atoms with E-state index >= 15 is 0 Å². The fourth-order valence-electron chi connectivity index (χ4n) is 1.50. The summed E-state index contributed by atoms with van der Waals surface area (Å²) >= 11 is 0. The SMILES string of the molecule is CCc1cc(N)nc(C2COCCO2)n1. The molecule has 0 aromatic carbocycles. The van der Waals surface area contributed by atoms with Crippen LogP contribution in [0.4, 0.5) is 5.82 Å². The zero-order valence-corrected chi connectivity index (χ0v) is 8.77. The summed E-state index contributed by atoms with van der Waals surface area (Å²) < 4.78 is 10.8. The van der Waals surface area contributed by atoms with Gasteiger partial charge in [-0.1, -0.05) is 6.92 Å². The average Bonchev–Trinajstić information content (AvgIpc) is 2.29. The minimum Gasteiger partial charge on any atom is -0.384 e. The fraction of sp³-hybridized carbons (Fsp3) is 0.600. The van der Waals surface area contributed by atoms with Gasteiger partial charge in [-0.05, 0) is 6.42 Å². The van der Waals surface area contributed by atoms with Crippen molar-refractivity contribution < 1.29 is 9.47 Å². The van der Waals surface area contributed by atoms with E-state index in [2.05, 4.69) is 9.97 Å². The third kappa shape index (κ3) is 2.43. The van der Waals surface area contributed by atoms with E-state index in [1.54, 1.807) is 6.07 Å². The maximum Gasteiger partial charge on any atom is 0.162 e. The standard InChI is InChI=1S/C10H15N3O2/c1-2-7-5-9(11)13-10(12-7)8-6-14-3-4-15-8/h5,8H,2-4,6H2,1H3,(H2,11,12,13). The first-order valence-corrected chi connectivity index (χ1v) is 5.12. The molecule has 2 N–H and O–H groups in total. The van der Waals surface area contributed by atoms with Gasteiger partial charge in [0.15, 0.2) is 5.82 Å². The van der Waals surface area contributed by atoms with Gasteiger partial charge in [0.1, 0.15) is 11.9 Å². The summed E-state index contributed by atoms with van der Waals surface area (Å²) in [4.78, 5) is 8.55. The monoisotopic (exact) mass is 209 g/mol. The Morgan fingerprint density at radius 1 is 1.47 bits per heavy atom. The zero-order chi connectivity index (χ0) is 10.7. The summed E-state index contributed by atoms with van der Waals surface area (Å²) in [5.74, 6) is 1.12. The van der Waals surface area contributed by atoms with Crippen molar-refractivity contribution in [1.82, 2.24) is 9.97 Å². The van der Waals surface area contributed by atoms with Gasteiger partial charge >= 0.3 is 0 Å². The van der Waals surface area contributed by atoms with E-state index in [0.717, 1.165) is 12.1 Å². The van der Waals surface area contributed by atoms with Crippen molar-refractivity contribution in [3.8, 4) is 0 Å². The molecule has 0 spiro atoms. The lowest BCUT2D eigenvalue weighted by Crippen LogP contribution is -2.24. The molecule has 0 radical (unpaired) electrons. The van der Waals surface area contributed by atoms with Gasteiger partial charge in [-0.3, -0.25) is 0 Å². The minimum atomic E-state index is -0.174. The molecule has 5 heteroatoms. The van der Waals surface area contributed by atoms with Gasteiger partial charge < -0.3 is 15.2 Å². The topological polar surface area (TPSA) is 70.3 Å². The van der Waals surface area contributed by atoms with Gasteiger partial charge in [0, 0.05) is 11.8 Å². The Morgan fingerprint density at radius 2 is 2.33 bits per heavy atom. The second kappa shape index (κ2) is 4.55. The summed E-state index contributed by atoms with van der Waals surface area (Å²) in [5, 5.41) is 0. The number of nitrogens with two attached hydrogens (primary N) is 1. The maximum absolute atomic E-state index is 5.69. The van der Waals surface area contributed by atoms with Crippen LogP contribution in [0.15, 0.2) is 6.07 Å². The van der Waals surface area contributed by atoms with Crippen molar-refractivity contribution in [1.29, 1.82) is 0 Å². The highest BCUT2D eigenvalue weighted by atomic mass is 16.6. The Hall–Kier alpha value is -1.20. The molecule has 1 aliphatic heterocycles. The van der Waals surface area contributed by atoms with Gasteiger partial charge in [-0.15, -0.1) is 0 Å². The van der Waals surface area contributed by atoms with Crippen molar-refractivity contribution in [3.05, 3.63) is 17.6 Å². The molecule has 0 bridgehead atoms. The third-order valence-electron chi connectivity index (χ3n) is 2.28. The molecule has 1 unspecified atom stereocenters. The molecule has 0 amide bonds. The molecule has 2 rings (SSSR count). The highest BCUT2D eigenvalue weighted by Gasteiger charge is 2.20. The molecular formula is C10H15N3O2. The van der Waals surface area contributed by atoms with Crippen LogP contribution in [0.25, 0.3) is 0 Å². The quantitative estimate of drug-likeness (QED) is 0.776. The van der Waals surface area contributed by atoms with Crippen molar-refractivity contribution in [2.45, 2.75) is 19.4 Å². The number of hydrogen-bond acceptors (Lipinski definition) is 5. The molecule has 82 valence electrons. The van der Waals surface area contributed by atoms with Crippen LogP contribution in [0.2, 0.25) is 0 Å². The molecule has 1 aromatic rings. The number of hydrogen-bond donors (Lipinski definition) is 1. The van der Waals surface area contributed by atoms with Crippen molar-refractivity contribution >= 4 is 5.82 Å². The summed E-state index contributed by atoms with van der Waals surface area (Å²) in [5.41, 5.74) is 6.63. The predicted molar refractivity (Wildman–Crippen MR) is 55.3 cm³/mol. The van der Waals surface area contributed by atoms with E-state index in [1.807, 2.05) is 6.92 Å². The van der Waals surface area contributed by atoms with Gasteiger partial charge in [-0.2, -0.15) is 0 Å². The highest BCUT2D eigenvalue weighted by Crippen LogP contribution is 2.18. The Morgan fingerprint density at radius 3 is 3.00 bits per heavy atom. The number of rotatable bonds is 2. The molecule has 1 atom stereocenters. The first kappa shape index (κ1) is 10.3. The second-order valence-electron chi connectivity index (χ2n) is 3.43. The van der Waals surface area contributed by atoms with E-state index in [9.17, 15) is 0 Å². The van der Waals surface area contributed by atoms with Gasteiger partial charge in [0.2, 0.25) is 0 Å². The van der Waals surface area contributed by atoms with Crippen LogP contribution in [-0.2, 0) is 15.9 Å². The number of nitrogens with zero attached hydrogens (tertiary/aromatic N) is 2. The molecule has 1 aromatic heterocycles. The fourth-order valence-corrected chi connectivity index (χ4v) is 1.50. The van der Waals surface area contributed by atoms with Crippen molar-refractivity contribution in [3.63, 3.8) is 0 Å². The first-order chi connectivity index (χ1) is 7.29. The predicted octanol–water partition coefficient (Wildman–Crippen LogP) is 0.709. The van der Waals surface area contributed by atoms with Crippen LogP contribution in [-0.4, -0.2) is 29.8 Å². The lowest BCUT2D eigenvalue weighted by Gasteiger charge is -2.22. The minimum absolute atomic E-state index is 0.174. The van der Waals surface area contributed by atoms with Crippen LogP contribution < -0.4 is 5.73 Å². The number of aryl methyl sites for hydroxylation is 1. The zero-order valence-electron chi connectivity index (χ0n) is 8.77. The summed E-state index contributed by atoms with van der Waals surface area (Å²) in [6, 6.07) is 1.78. The van der Waals surface area contributed by atoms with Crippen molar-refractivity contribution in [2.75, 3.05) is 25.6 Å². The molecule has 0 saturated carbocycles. The molecule has 1 fully saturated rings. The molecule has 15 heavy (non-hydrogen) atoms. The number of anilines is 1. The number of nitrogen functional groups attached to an aromatic ring is 1. The lowest BCUT2D eigenvalue weighted by molar-refractivity contribution is -0.0935. The molecule has 2 heterocycles. The summed E-state index contributed by atoms with van der Waals surface area (Å²) in [6.45, 7) is 3.76. The second-order valence-corrected chi connectivity index (χ2v) is 3.43. The van der Waals surface area contributed by atoms with Gasteiger partial charge in [0.25, 0.3) is 0 Å². The van der Waals surface area contributed by atoms with Crippen LogP contribution in [0, 0.1) is 0 Å². The Labute approximate surface area is 88.6 Å². The van der Waals surface area contributed by atoms with E-state index in [0.29, 0.717) is 31.5 Å². The van der Waals surface area contributed by atoms with Crippen LogP contribution in [0.1, 0.15) is 24.5 Å². The maximum atomic E-state index is 5.69. The first-order valence-electron chi connectivity index (χ1n) is 5.12. The van der Waals surface area contributed by atoms with E-state index in [1.165, 1.54) is 0 Å². The van der Waals surface area contributed by atoms with Gasteiger partial charge in [-0.25, -0.2) is 9.97 Å². The van der Waals surface area contributed by atoms with Crippen molar-refractivity contribution in [2.24, 2.45) is 0 Å². The molecule has 5 nitrogen and oxygen atoms in total. The summed E-state index contributed by atoms with van der Waals surface area (Å²) in [7, 11) is 0. The number of ether oxygens (including phenoxy) is 2. The van der Waals surface area contributed by atoms with E-state index < -0.39 is 0 Å². The average molecular weight is 209 g/mol. The Balaban J connectivity index is 2.22. The lowest BCUT2D eigenvalue weighted by atomic mass is 10.2. The van der Waals surface area contributed by atoms with Crippen LogP contribution in [0.5, 0.6) is 0 Å². The van der Waals surface area contributed by atoms with Crippen LogP contribution in [0.3, 0.4) is 0 Å². The Bertz CT molecular complexity index is 337. The van der Waals surface area contributed by atoms with Gasteiger partial charge in [0.05, 0.1) is 19.8 Å². The number of aromatic nitrogens is 2. The van der Waals surface area contributed by atoms with E-state index in [4.69, 9.17) is 15.2 Å². The molecular weight excluding hydrogens is 194 g/mol. The smallest absolute Gasteiger partial charge is 0.162 e. The summed E-state index contributed by atoms with van der Waals surface area (Å²) in [6.07, 6.45) is 0.667. The highest BCUT2D eigenvalue weighted by molar-refractivity contribution is 5.30. The van der Waals surface area contributed by atoms with E-state index in [-0.39, 0.29) is 6.10 Å². The normalized spacial score (nSPS) is 21.5. The molecule has 0 aliphatic carbocycles.